The van der Waals surface area contributed by atoms with Crippen molar-refractivity contribution >= 4 is 5.97 Å². The number of esters is 1. The largest absolute Gasteiger partial charge is 0.459 e. The Bertz CT molecular complexity index is 393. The zero-order valence-electron chi connectivity index (χ0n) is 12.4. The second kappa shape index (κ2) is 9.44. The van der Waals surface area contributed by atoms with Crippen LogP contribution in [0, 0.1) is 0 Å². The lowest BCUT2D eigenvalue weighted by Gasteiger charge is -2.04. The zero-order chi connectivity index (χ0) is 14.8. The van der Waals surface area contributed by atoms with Gasteiger partial charge in [-0.25, -0.2) is 4.68 Å². The lowest BCUT2D eigenvalue weighted by atomic mass is 10.3. The quantitative estimate of drug-likeness (QED) is 0.477. The molecule has 7 heteroatoms. The molecule has 1 rings (SSSR count). The van der Waals surface area contributed by atoms with Crippen LogP contribution in [-0.2, 0) is 25.6 Å². The van der Waals surface area contributed by atoms with E-state index in [1.165, 1.54) is 0 Å². The maximum absolute atomic E-state index is 11.5. The molecule has 20 heavy (non-hydrogen) atoms. The van der Waals surface area contributed by atoms with Crippen LogP contribution in [0.2, 0.25) is 0 Å². The number of ether oxygens (including phenoxy) is 3. The molecule has 1 aromatic rings. The van der Waals surface area contributed by atoms with Crippen molar-refractivity contribution in [2.24, 2.45) is 0 Å². The molecule has 0 bridgehead atoms. The molecule has 0 saturated carbocycles. The fourth-order valence-electron chi connectivity index (χ4n) is 1.42. The molecule has 0 aliphatic carbocycles. The highest BCUT2D eigenvalue weighted by Gasteiger charge is 2.07. The van der Waals surface area contributed by atoms with Crippen LogP contribution in [0.5, 0.6) is 0 Å². The minimum absolute atomic E-state index is 0.163. The first kappa shape index (κ1) is 16.6. The Hall–Kier alpha value is -1.47. The van der Waals surface area contributed by atoms with E-state index in [1.807, 2.05) is 13.8 Å². The summed E-state index contributed by atoms with van der Waals surface area (Å²) in [5, 5.41) is 7.88. The second-order valence-electron chi connectivity index (χ2n) is 4.65. The number of hydrogen-bond donors (Lipinski definition) is 0. The van der Waals surface area contributed by atoms with Crippen molar-refractivity contribution in [3.63, 3.8) is 0 Å². The molecule has 0 N–H and O–H groups in total. The van der Waals surface area contributed by atoms with Gasteiger partial charge in [0.1, 0.15) is 12.3 Å². The van der Waals surface area contributed by atoms with E-state index in [2.05, 4.69) is 10.3 Å². The van der Waals surface area contributed by atoms with Gasteiger partial charge in [-0.05, 0) is 20.3 Å². The van der Waals surface area contributed by atoms with Crippen LogP contribution in [0.4, 0.5) is 0 Å². The minimum Gasteiger partial charge on any atom is -0.459 e. The Labute approximate surface area is 119 Å². The molecule has 0 atom stereocenters. The molecule has 1 heterocycles. The molecule has 0 spiro atoms. The summed E-state index contributed by atoms with van der Waals surface area (Å²) in [5.74, 6) is -0.251. The van der Waals surface area contributed by atoms with E-state index in [-0.39, 0.29) is 18.6 Å². The fourth-order valence-corrected chi connectivity index (χ4v) is 1.42. The molecular weight excluding hydrogens is 262 g/mol. The molecule has 0 aliphatic heterocycles. The van der Waals surface area contributed by atoms with E-state index in [9.17, 15) is 4.79 Å². The van der Waals surface area contributed by atoms with Crippen LogP contribution in [0.1, 0.15) is 38.4 Å². The molecule has 0 unspecified atom stereocenters. The summed E-state index contributed by atoms with van der Waals surface area (Å²) in [4.78, 5) is 11.5. The molecular formula is C13H23N3O4. The van der Waals surface area contributed by atoms with Gasteiger partial charge in [-0.3, -0.25) is 4.79 Å². The maximum Gasteiger partial charge on any atom is 0.306 e. The predicted octanol–water partition coefficient (Wildman–Crippen LogP) is 1.35. The number of aromatic nitrogens is 3. The summed E-state index contributed by atoms with van der Waals surface area (Å²) in [5.41, 5.74) is 0.656. The number of carbonyl (C=O) groups is 1. The molecule has 1 aromatic heterocycles. The van der Waals surface area contributed by atoms with Crippen LogP contribution in [0.15, 0.2) is 6.20 Å². The van der Waals surface area contributed by atoms with Crippen LogP contribution in [0.25, 0.3) is 0 Å². The average Bonchev–Trinajstić information content (AvgIpc) is 2.89. The van der Waals surface area contributed by atoms with Crippen LogP contribution in [0.3, 0.4) is 0 Å². The Morgan fingerprint density at radius 3 is 2.80 bits per heavy atom. The summed E-state index contributed by atoms with van der Waals surface area (Å²) in [6, 6.07) is 0.246. The van der Waals surface area contributed by atoms with Gasteiger partial charge < -0.3 is 14.2 Å². The number of methoxy groups -OCH3 is 1. The van der Waals surface area contributed by atoms with Gasteiger partial charge in [0.25, 0.3) is 0 Å². The Kier molecular flexibility index (Phi) is 7.82. The first-order chi connectivity index (χ1) is 9.63. The second-order valence-corrected chi connectivity index (χ2v) is 4.65. The van der Waals surface area contributed by atoms with Gasteiger partial charge in [0.2, 0.25) is 0 Å². The monoisotopic (exact) mass is 285 g/mol. The van der Waals surface area contributed by atoms with Gasteiger partial charge in [0.15, 0.2) is 0 Å². The predicted molar refractivity (Wildman–Crippen MR) is 72.1 cm³/mol. The number of hydrogen-bond acceptors (Lipinski definition) is 6. The summed E-state index contributed by atoms with van der Waals surface area (Å²) in [6.07, 6.45) is 2.76. The molecule has 114 valence electrons. The van der Waals surface area contributed by atoms with E-state index in [4.69, 9.17) is 14.2 Å². The third kappa shape index (κ3) is 6.63. The van der Waals surface area contributed by atoms with Gasteiger partial charge in [-0.15, -0.1) is 5.10 Å². The maximum atomic E-state index is 11.5. The van der Waals surface area contributed by atoms with E-state index in [0.29, 0.717) is 38.4 Å². The standard InChI is InChI=1S/C13H23N3O4/c1-11(2)16-9-12(14-15-16)10-20-13(17)5-4-6-19-8-7-18-3/h9,11H,4-8,10H2,1-3H3. The third-order valence-corrected chi connectivity index (χ3v) is 2.57. The van der Waals surface area contributed by atoms with Crippen molar-refractivity contribution in [1.29, 1.82) is 0 Å². The van der Waals surface area contributed by atoms with E-state index >= 15 is 0 Å². The molecule has 0 radical (unpaired) electrons. The first-order valence-corrected chi connectivity index (χ1v) is 6.76. The average molecular weight is 285 g/mol. The van der Waals surface area contributed by atoms with Gasteiger partial charge in [0.05, 0.1) is 19.4 Å². The van der Waals surface area contributed by atoms with Gasteiger partial charge in [0, 0.05) is 26.2 Å². The number of rotatable bonds is 10. The van der Waals surface area contributed by atoms with Crippen molar-refractivity contribution in [1.82, 2.24) is 15.0 Å². The smallest absolute Gasteiger partial charge is 0.306 e. The summed E-state index contributed by atoms with van der Waals surface area (Å²) in [7, 11) is 1.62. The van der Waals surface area contributed by atoms with Crippen LogP contribution < -0.4 is 0 Å². The molecule has 0 amide bonds. The molecule has 0 fully saturated rings. The highest BCUT2D eigenvalue weighted by Crippen LogP contribution is 2.04. The fraction of sp³-hybridized carbons (Fsp3) is 0.769. The highest BCUT2D eigenvalue weighted by molar-refractivity contribution is 5.69. The van der Waals surface area contributed by atoms with Crippen LogP contribution in [-0.4, -0.2) is 47.9 Å². The minimum atomic E-state index is -0.251. The van der Waals surface area contributed by atoms with Crippen molar-refractivity contribution in [3.05, 3.63) is 11.9 Å². The number of nitrogens with zero attached hydrogens (tertiary/aromatic N) is 3. The number of carbonyl (C=O) groups excluding carboxylic acids is 1. The van der Waals surface area contributed by atoms with E-state index in [0.717, 1.165) is 0 Å². The molecule has 0 saturated heterocycles. The third-order valence-electron chi connectivity index (χ3n) is 2.57. The highest BCUT2D eigenvalue weighted by atomic mass is 16.5. The topological polar surface area (TPSA) is 75.5 Å². The van der Waals surface area contributed by atoms with E-state index in [1.54, 1.807) is 18.0 Å². The Balaban J connectivity index is 2.10. The summed E-state index contributed by atoms with van der Waals surface area (Å²) in [6.45, 7) is 5.82. The normalized spacial score (nSPS) is 11.0. The first-order valence-electron chi connectivity index (χ1n) is 6.76. The van der Waals surface area contributed by atoms with Gasteiger partial charge in [-0.2, -0.15) is 0 Å². The van der Waals surface area contributed by atoms with Crippen molar-refractivity contribution in [3.8, 4) is 0 Å². The van der Waals surface area contributed by atoms with Crippen molar-refractivity contribution in [2.45, 2.75) is 39.3 Å². The lowest BCUT2D eigenvalue weighted by Crippen LogP contribution is -2.08. The molecule has 0 aromatic carbocycles. The van der Waals surface area contributed by atoms with Crippen molar-refractivity contribution in [2.75, 3.05) is 26.9 Å². The van der Waals surface area contributed by atoms with Gasteiger partial charge >= 0.3 is 5.97 Å². The van der Waals surface area contributed by atoms with Crippen molar-refractivity contribution < 1.29 is 19.0 Å². The lowest BCUT2D eigenvalue weighted by molar-refractivity contribution is -0.145. The summed E-state index contributed by atoms with van der Waals surface area (Å²) < 4.78 is 16.9. The Morgan fingerprint density at radius 2 is 2.15 bits per heavy atom. The Morgan fingerprint density at radius 1 is 1.35 bits per heavy atom. The zero-order valence-corrected chi connectivity index (χ0v) is 12.4. The molecule has 7 nitrogen and oxygen atoms in total. The molecule has 0 aliphatic rings. The SMILES string of the molecule is COCCOCCCC(=O)OCc1cn(C(C)C)nn1. The van der Waals surface area contributed by atoms with Gasteiger partial charge in [-0.1, -0.05) is 5.21 Å². The summed E-state index contributed by atoms with van der Waals surface area (Å²) >= 11 is 0. The van der Waals surface area contributed by atoms with Crippen LogP contribution >= 0.6 is 0 Å². The van der Waals surface area contributed by atoms with E-state index < -0.39 is 0 Å².